The van der Waals surface area contributed by atoms with Gasteiger partial charge in [-0.25, -0.2) is 8.78 Å². The lowest BCUT2D eigenvalue weighted by Crippen LogP contribution is -2.04. The first-order valence-electron chi connectivity index (χ1n) is 3.99. The molecule has 0 saturated carbocycles. The molecule has 1 aromatic carbocycles. The highest BCUT2D eigenvalue weighted by molar-refractivity contribution is 6.43. The molecule has 0 aliphatic rings. The van der Waals surface area contributed by atoms with Gasteiger partial charge in [0.1, 0.15) is 5.82 Å². The quantitative estimate of drug-likeness (QED) is 0.448. The number of rotatable bonds is 1. The molecule has 0 unspecified atom stereocenters. The summed E-state index contributed by atoms with van der Waals surface area (Å²) in [6, 6.07) is 0. The Morgan fingerprint density at radius 3 is 2.00 bits per heavy atom. The van der Waals surface area contributed by atoms with E-state index < -0.39 is 11.6 Å². The molecule has 0 atom stereocenters. The second kappa shape index (κ2) is 3.91. The zero-order valence-corrected chi connectivity index (χ0v) is 9.18. The molecule has 0 aromatic heterocycles. The van der Waals surface area contributed by atoms with Gasteiger partial charge < -0.3 is 5.73 Å². The van der Waals surface area contributed by atoms with Crippen molar-refractivity contribution in [3.05, 3.63) is 27.2 Å². The Labute approximate surface area is 90.8 Å². The van der Waals surface area contributed by atoms with E-state index in [-0.39, 0.29) is 27.2 Å². The van der Waals surface area contributed by atoms with Gasteiger partial charge in [-0.3, -0.25) is 0 Å². The van der Waals surface area contributed by atoms with Crippen LogP contribution >= 0.6 is 23.2 Å². The third kappa shape index (κ3) is 1.66. The topological polar surface area (TPSA) is 26.0 Å². The van der Waals surface area contributed by atoms with Gasteiger partial charge in [-0.1, -0.05) is 37.0 Å². The van der Waals surface area contributed by atoms with E-state index in [4.69, 9.17) is 28.9 Å². The third-order valence-electron chi connectivity index (χ3n) is 1.91. The number of halogens is 4. The van der Waals surface area contributed by atoms with Crippen molar-refractivity contribution in [3.8, 4) is 0 Å². The summed E-state index contributed by atoms with van der Waals surface area (Å²) in [6.07, 6.45) is 0. The highest BCUT2D eigenvalue weighted by atomic mass is 35.5. The zero-order valence-electron chi connectivity index (χ0n) is 7.67. The van der Waals surface area contributed by atoms with Crippen LogP contribution in [0.4, 0.5) is 14.5 Å². The van der Waals surface area contributed by atoms with Crippen LogP contribution in [0.5, 0.6) is 0 Å². The summed E-state index contributed by atoms with van der Waals surface area (Å²) in [5, 5.41) is -0.597. The standard InChI is InChI=1S/C9H9Cl2F2N/c1-3(2)4-7(12)5(10)6(11)9(14)8(4)13/h3H,14H2,1-2H3. The maximum Gasteiger partial charge on any atom is 0.154 e. The Morgan fingerprint density at radius 2 is 1.57 bits per heavy atom. The van der Waals surface area contributed by atoms with Gasteiger partial charge in [-0.05, 0) is 5.92 Å². The van der Waals surface area contributed by atoms with Crippen molar-refractivity contribution < 1.29 is 8.78 Å². The van der Waals surface area contributed by atoms with Crippen molar-refractivity contribution in [2.24, 2.45) is 0 Å². The molecule has 0 bridgehead atoms. The fourth-order valence-electron chi connectivity index (χ4n) is 1.18. The van der Waals surface area contributed by atoms with Crippen molar-refractivity contribution in [2.75, 3.05) is 5.73 Å². The SMILES string of the molecule is CC(C)c1c(F)c(N)c(Cl)c(Cl)c1F. The van der Waals surface area contributed by atoms with Gasteiger partial charge >= 0.3 is 0 Å². The van der Waals surface area contributed by atoms with Crippen molar-refractivity contribution in [3.63, 3.8) is 0 Å². The molecule has 78 valence electrons. The Morgan fingerprint density at radius 1 is 1.07 bits per heavy atom. The summed E-state index contributed by atoms with van der Waals surface area (Å²) in [5.74, 6) is -2.00. The second-order valence-corrected chi connectivity index (χ2v) is 3.99. The fourth-order valence-corrected chi connectivity index (χ4v) is 1.55. The lowest BCUT2D eigenvalue weighted by atomic mass is 10.0. The Bertz CT molecular complexity index is 349. The molecule has 0 saturated heterocycles. The highest BCUT2D eigenvalue weighted by Crippen LogP contribution is 2.38. The maximum atomic E-state index is 13.4. The van der Waals surface area contributed by atoms with Gasteiger partial charge in [-0.2, -0.15) is 0 Å². The summed E-state index contributed by atoms with van der Waals surface area (Å²) in [7, 11) is 0. The van der Waals surface area contributed by atoms with E-state index in [2.05, 4.69) is 0 Å². The molecule has 0 spiro atoms. The van der Waals surface area contributed by atoms with Crippen LogP contribution in [0.3, 0.4) is 0 Å². The Balaban J connectivity index is 3.60. The van der Waals surface area contributed by atoms with Gasteiger partial charge in [0, 0.05) is 5.56 Å². The number of hydrogen-bond donors (Lipinski definition) is 1. The maximum absolute atomic E-state index is 13.4. The first-order chi connectivity index (χ1) is 6.37. The fraction of sp³-hybridized carbons (Fsp3) is 0.333. The first kappa shape index (κ1) is 11.5. The van der Waals surface area contributed by atoms with Crippen LogP contribution in [0.15, 0.2) is 0 Å². The average Bonchev–Trinajstić information content (AvgIpc) is 2.11. The van der Waals surface area contributed by atoms with Gasteiger partial charge in [0.15, 0.2) is 5.82 Å². The summed E-state index contributed by atoms with van der Waals surface area (Å²) in [6.45, 7) is 3.29. The average molecular weight is 240 g/mol. The molecule has 1 nitrogen and oxygen atoms in total. The molecule has 2 N–H and O–H groups in total. The lowest BCUT2D eigenvalue weighted by molar-refractivity contribution is 0.545. The van der Waals surface area contributed by atoms with E-state index in [1.54, 1.807) is 13.8 Å². The van der Waals surface area contributed by atoms with E-state index in [9.17, 15) is 8.78 Å². The van der Waals surface area contributed by atoms with E-state index in [0.29, 0.717) is 0 Å². The summed E-state index contributed by atoms with van der Waals surface area (Å²) in [4.78, 5) is 0. The van der Waals surface area contributed by atoms with Crippen LogP contribution in [0.2, 0.25) is 10.0 Å². The van der Waals surface area contributed by atoms with Crippen LogP contribution in [0, 0.1) is 11.6 Å². The number of nitrogen functional groups attached to an aromatic ring is 1. The normalized spacial score (nSPS) is 11.1. The van der Waals surface area contributed by atoms with E-state index in [1.807, 2.05) is 0 Å². The molecular weight excluding hydrogens is 231 g/mol. The molecule has 0 heterocycles. The minimum Gasteiger partial charge on any atom is -0.395 e. The molecule has 0 fully saturated rings. The largest absolute Gasteiger partial charge is 0.395 e. The zero-order chi connectivity index (χ0) is 11.0. The van der Waals surface area contributed by atoms with E-state index >= 15 is 0 Å². The predicted octanol–water partition coefficient (Wildman–Crippen LogP) is 3.98. The van der Waals surface area contributed by atoms with Crippen molar-refractivity contribution in [2.45, 2.75) is 19.8 Å². The van der Waals surface area contributed by atoms with Crippen LogP contribution in [0.25, 0.3) is 0 Å². The van der Waals surface area contributed by atoms with Gasteiger partial charge in [0.05, 0.1) is 15.7 Å². The van der Waals surface area contributed by atoms with Crippen LogP contribution in [0.1, 0.15) is 25.3 Å². The monoisotopic (exact) mass is 239 g/mol. The van der Waals surface area contributed by atoms with E-state index in [0.717, 1.165) is 0 Å². The molecule has 0 aliphatic carbocycles. The number of hydrogen-bond acceptors (Lipinski definition) is 1. The molecule has 0 radical (unpaired) electrons. The molecular formula is C9H9Cl2F2N. The van der Waals surface area contributed by atoms with Crippen LogP contribution < -0.4 is 5.73 Å². The third-order valence-corrected chi connectivity index (χ3v) is 2.75. The predicted molar refractivity (Wildman–Crippen MR) is 54.9 cm³/mol. The van der Waals surface area contributed by atoms with Gasteiger partial charge in [0.2, 0.25) is 0 Å². The Kier molecular flexibility index (Phi) is 3.22. The molecule has 0 aliphatic heterocycles. The minimum absolute atomic E-state index is 0.128. The molecule has 14 heavy (non-hydrogen) atoms. The molecule has 1 rings (SSSR count). The van der Waals surface area contributed by atoms with Crippen LogP contribution in [-0.4, -0.2) is 0 Å². The second-order valence-electron chi connectivity index (χ2n) is 3.24. The smallest absolute Gasteiger partial charge is 0.154 e. The van der Waals surface area contributed by atoms with E-state index in [1.165, 1.54) is 0 Å². The summed E-state index contributed by atoms with van der Waals surface area (Å²) >= 11 is 11.1. The van der Waals surface area contributed by atoms with Crippen molar-refractivity contribution >= 4 is 28.9 Å². The summed E-state index contributed by atoms with van der Waals surface area (Å²) < 4.78 is 26.9. The van der Waals surface area contributed by atoms with Crippen molar-refractivity contribution in [1.29, 1.82) is 0 Å². The number of anilines is 1. The van der Waals surface area contributed by atoms with Crippen molar-refractivity contribution in [1.82, 2.24) is 0 Å². The number of nitrogens with two attached hydrogens (primary N) is 1. The Hall–Kier alpha value is -0.540. The lowest BCUT2D eigenvalue weighted by Gasteiger charge is -2.13. The van der Waals surface area contributed by atoms with Gasteiger partial charge in [-0.15, -0.1) is 0 Å². The minimum atomic E-state index is -0.835. The first-order valence-corrected chi connectivity index (χ1v) is 4.74. The molecule has 1 aromatic rings. The van der Waals surface area contributed by atoms with Crippen LogP contribution in [-0.2, 0) is 0 Å². The molecule has 5 heteroatoms. The molecule has 0 amide bonds. The highest BCUT2D eigenvalue weighted by Gasteiger charge is 2.22. The van der Waals surface area contributed by atoms with Gasteiger partial charge in [0.25, 0.3) is 0 Å². The summed E-state index contributed by atoms with van der Waals surface area (Å²) in [5.41, 5.74) is 4.90. The number of benzene rings is 1.